The molecule has 0 aliphatic carbocycles. The highest BCUT2D eigenvalue weighted by Crippen LogP contribution is 2.23. The van der Waals surface area contributed by atoms with Gasteiger partial charge in [0, 0.05) is 18.1 Å². The Morgan fingerprint density at radius 1 is 1.50 bits per heavy atom. The van der Waals surface area contributed by atoms with Crippen LogP contribution in [0.25, 0.3) is 0 Å². The number of esters is 1. The van der Waals surface area contributed by atoms with E-state index in [0.29, 0.717) is 17.7 Å². The zero-order valence-corrected chi connectivity index (χ0v) is 11.5. The third kappa shape index (κ3) is 4.51. The number of nitrogens with zero attached hydrogens (tertiary/aromatic N) is 1. The third-order valence-corrected chi connectivity index (χ3v) is 2.65. The molecule has 1 aromatic carbocycles. The van der Waals surface area contributed by atoms with Crippen LogP contribution in [0.4, 0.5) is 5.69 Å². The number of ether oxygens (including phenoxy) is 2. The summed E-state index contributed by atoms with van der Waals surface area (Å²) in [4.78, 5) is 21.5. The number of benzene rings is 1. The molecule has 0 amide bonds. The summed E-state index contributed by atoms with van der Waals surface area (Å²) in [5.41, 5.74) is 6.18. The molecule has 0 aliphatic rings. The lowest BCUT2D eigenvalue weighted by Crippen LogP contribution is -2.33. The molecule has 2 N–H and O–H groups in total. The highest BCUT2D eigenvalue weighted by atomic mass is 16.6. The van der Waals surface area contributed by atoms with E-state index in [1.165, 1.54) is 12.1 Å². The van der Waals surface area contributed by atoms with Crippen molar-refractivity contribution in [3.63, 3.8) is 0 Å². The molecule has 0 spiro atoms. The molecule has 1 atom stereocenters. The first-order valence-corrected chi connectivity index (χ1v) is 6.25. The summed E-state index contributed by atoms with van der Waals surface area (Å²) in [6.45, 7) is 3.86. The van der Waals surface area contributed by atoms with Crippen molar-refractivity contribution in [2.75, 3.05) is 13.2 Å². The number of aryl methyl sites for hydroxylation is 1. The van der Waals surface area contributed by atoms with E-state index in [-0.39, 0.29) is 18.9 Å². The largest absolute Gasteiger partial charge is 0.494 e. The van der Waals surface area contributed by atoms with Crippen molar-refractivity contribution < 1.29 is 19.2 Å². The van der Waals surface area contributed by atoms with E-state index in [1.54, 1.807) is 19.9 Å². The van der Waals surface area contributed by atoms with E-state index in [9.17, 15) is 14.9 Å². The van der Waals surface area contributed by atoms with Gasteiger partial charge in [-0.15, -0.1) is 0 Å². The van der Waals surface area contributed by atoms with Gasteiger partial charge in [0.1, 0.15) is 11.8 Å². The van der Waals surface area contributed by atoms with E-state index >= 15 is 0 Å². The number of nitro benzene ring substituents is 1. The van der Waals surface area contributed by atoms with E-state index in [2.05, 4.69) is 0 Å². The highest BCUT2D eigenvalue weighted by Gasteiger charge is 2.15. The third-order valence-electron chi connectivity index (χ3n) is 2.65. The maximum atomic E-state index is 11.3. The van der Waals surface area contributed by atoms with Crippen LogP contribution >= 0.6 is 0 Å². The zero-order valence-electron chi connectivity index (χ0n) is 11.5. The highest BCUT2D eigenvalue weighted by molar-refractivity contribution is 5.75. The minimum absolute atomic E-state index is 0.0422. The Kier molecular flexibility index (Phi) is 5.92. The fraction of sp³-hybridized carbons (Fsp3) is 0.462. The maximum absolute atomic E-state index is 11.3. The molecule has 0 heterocycles. The molecule has 1 rings (SSSR count). The molecule has 7 heteroatoms. The summed E-state index contributed by atoms with van der Waals surface area (Å²) in [5, 5.41) is 10.7. The molecule has 110 valence electrons. The van der Waals surface area contributed by atoms with Gasteiger partial charge >= 0.3 is 5.97 Å². The molecule has 0 aromatic heterocycles. The van der Waals surface area contributed by atoms with Crippen molar-refractivity contribution in [3.05, 3.63) is 33.9 Å². The van der Waals surface area contributed by atoms with Gasteiger partial charge in [0.2, 0.25) is 0 Å². The quantitative estimate of drug-likeness (QED) is 0.462. The Morgan fingerprint density at radius 2 is 2.20 bits per heavy atom. The summed E-state index contributed by atoms with van der Waals surface area (Å²) < 4.78 is 10.2. The minimum atomic E-state index is -0.728. The Hall–Kier alpha value is -2.15. The van der Waals surface area contributed by atoms with Crippen molar-refractivity contribution in [2.24, 2.45) is 5.73 Å². The molecule has 0 saturated carbocycles. The van der Waals surface area contributed by atoms with Gasteiger partial charge in [0.15, 0.2) is 0 Å². The lowest BCUT2D eigenvalue weighted by molar-refractivity contribution is -0.385. The van der Waals surface area contributed by atoms with Crippen LogP contribution in [-0.4, -0.2) is 30.1 Å². The minimum Gasteiger partial charge on any atom is -0.494 e. The second-order valence-corrected chi connectivity index (χ2v) is 4.20. The summed E-state index contributed by atoms with van der Waals surface area (Å²) >= 11 is 0. The van der Waals surface area contributed by atoms with Gasteiger partial charge in [-0.1, -0.05) is 0 Å². The van der Waals surface area contributed by atoms with Crippen LogP contribution in [0.15, 0.2) is 18.2 Å². The summed E-state index contributed by atoms with van der Waals surface area (Å²) in [6.07, 6.45) is 0.314. The van der Waals surface area contributed by atoms with Crippen LogP contribution in [-0.2, 0) is 9.53 Å². The first-order chi connectivity index (χ1) is 9.45. The molecule has 0 saturated heterocycles. The number of hydrogen-bond donors (Lipinski definition) is 1. The molecular formula is C13H18N2O5. The van der Waals surface area contributed by atoms with Crippen LogP contribution in [0.3, 0.4) is 0 Å². The van der Waals surface area contributed by atoms with Gasteiger partial charge in [0.05, 0.1) is 18.1 Å². The monoisotopic (exact) mass is 282 g/mol. The smallest absolute Gasteiger partial charge is 0.323 e. The Bertz CT molecular complexity index is 490. The van der Waals surface area contributed by atoms with Gasteiger partial charge in [-0.3, -0.25) is 14.9 Å². The molecule has 0 bridgehead atoms. The maximum Gasteiger partial charge on any atom is 0.323 e. The van der Waals surface area contributed by atoms with Crippen LogP contribution in [0.2, 0.25) is 0 Å². The molecule has 0 radical (unpaired) electrons. The second kappa shape index (κ2) is 7.44. The van der Waals surface area contributed by atoms with Crippen LogP contribution < -0.4 is 10.5 Å². The second-order valence-electron chi connectivity index (χ2n) is 4.20. The fourth-order valence-corrected chi connectivity index (χ4v) is 1.59. The number of carbonyl (C=O) groups excluding carboxylic acids is 1. The Balaban J connectivity index is 2.48. The predicted octanol–water partition coefficient (Wildman–Crippen LogP) is 1.56. The van der Waals surface area contributed by atoms with E-state index in [1.807, 2.05) is 0 Å². The lowest BCUT2D eigenvalue weighted by Gasteiger charge is -2.11. The normalized spacial score (nSPS) is 11.8. The van der Waals surface area contributed by atoms with Gasteiger partial charge in [0.25, 0.3) is 5.69 Å². The molecule has 7 nitrogen and oxygen atoms in total. The molecule has 0 fully saturated rings. The van der Waals surface area contributed by atoms with E-state index < -0.39 is 16.9 Å². The van der Waals surface area contributed by atoms with Crippen LogP contribution in [0.1, 0.15) is 18.9 Å². The summed E-state index contributed by atoms with van der Waals surface area (Å²) in [7, 11) is 0. The number of nitro groups is 1. The van der Waals surface area contributed by atoms with Crippen LogP contribution in [0.5, 0.6) is 5.75 Å². The van der Waals surface area contributed by atoms with Crippen molar-refractivity contribution in [1.82, 2.24) is 0 Å². The van der Waals surface area contributed by atoms with Crippen molar-refractivity contribution >= 4 is 11.7 Å². The number of carbonyl (C=O) groups is 1. The Morgan fingerprint density at radius 3 is 2.75 bits per heavy atom. The van der Waals surface area contributed by atoms with E-state index in [0.717, 1.165) is 0 Å². The Labute approximate surface area is 116 Å². The lowest BCUT2D eigenvalue weighted by atomic mass is 10.2. The molecule has 1 aromatic rings. The number of nitrogens with two attached hydrogens (primary N) is 1. The zero-order chi connectivity index (χ0) is 15.1. The molecule has 20 heavy (non-hydrogen) atoms. The summed E-state index contributed by atoms with van der Waals surface area (Å²) in [5.74, 6) is 0.0418. The summed E-state index contributed by atoms with van der Waals surface area (Å²) in [6, 6.07) is 3.75. The van der Waals surface area contributed by atoms with Gasteiger partial charge in [-0.25, -0.2) is 0 Å². The van der Waals surface area contributed by atoms with Crippen molar-refractivity contribution in [2.45, 2.75) is 26.3 Å². The first-order valence-electron chi connectivity index (χ1n) is 6.25. The average molecular weight is 282 g/mol. The van der Waals surface area contributed by atoms with Crippen molar-refractivity contribution in [3.8, 4) is 5.75 Å². The van der Waals surface area contributed by atoms with Gasteiger partial charge in [-0.2, -0.15) is 0 Å². The van der Waals surface area contributed by atoms with Gasteiger partial charge < -0.3 is 15.2 Å². The topological polar surface area (TPSA) is 105 Å². The number of rotatable bonds is 7. The molecule has 0 aliphatic heterocycles. The fourth-order valence-electron chi connectivity index (χ4n) is 1.59. The number of hydrogen-bond acceptors (Lipinski definition) is 6. The standard InChI is InChI=1S/C13H18N2O5/c1-3-19-13(16)11(14)6-7-20-10-4-5-12(15(17)18)9(2)8-10/h4-5,8,11H,3,6-7,14H2,1-2H3. The molecule has 1 unspecified atom stereocenters. The van der Waals surface area contributed by atoms with Gasteiger partial charge in [-0.05, 0) is 26.0 Å². The predicted molar refractivity (Wildman–Crippen MR) is 72.6 cm³/mol. The SMILES string of the molecule is CCOC(=O)C(N)CCOc1ccc([N+](=O)[O-])c(C)c1. The first kappa shape index (κ1) is 15.9. The average Bonchev–Trinajstić information content (AvgIpc) is 2.38. The van der Waals surface area contributed by atoms with E-state index in [4.69, 9.17) is 15.2 Å². The van der Waals surface area contributed by atoms with Crippen molar-refractivity contribution in [1.29, 1.82) is 0 Å². The van der Waals surface area contributed by atoms with Crippen LogP contribution in [0, 0.1) is 17.0 Å². The molecular weight excluding hydrogens is 264 g/mol.